The van der Waals surface area contributed by atoms with Crippen LogP contribution in [0.2, 0.25) is 0 Å². The molecule has 0 unspecified atom stereocenters. The van der Waals surface area contributed by atoms with E-state index in [1.165, 1.54) is 6.20 Å². The Bertz CT molecular complexity index is 695. The summed E-state index contributed by atoms with van der Waals surface area (Å²) in [6, 6.07) is 7.25. The van der Waals surface area contributed by atoms with Crippen molar-refractivity contribution in [2.75, 3.05) is 11.3 Å². The molecule has 0 saturated carbocycles. The Morgan fingerprint density at radius 2 is 2.05 bits per heavy atom. The minimum Gasteiger partial charge on any atom is -0.313 e. The number of hydrogen-bond donors (Lipinski definition) is 3. The molecule has 0 amide bonds. The molecule has 6 nitrogen and oxygen atoms in total. The summed E-state index contributed by atoms with van der Waals surface area (Å²) in [6.45, 7) is 5.21. The lowest BCUT2D eigenvalue weighted by Gasteiger charge is -2.10. The molecular weight excluding hydrogens is 288 g/mol. The molecule has 0 bridgehead atoms. The lowest BCUT2D eigenvalue weighted by atomic mass is 10.2. The van der Waals surface area contributed by atoms with Gasteiger partial charge in [0.2, 0.25) is 0 Å². The number of nitrogens with zero attached hydrogens (tertiary/aromatic N) is 1. The van der Waals surface area contributed by atoms with Crippen molar-refractivity contribution in [3.63, 3.8) is 0 Å². The zero-order chi connectivity index (χ0) is 15.3. The van der Waals surface area contributed by atoms with Crippen molar-refractivity contribution in [1.29, 1.82) is 0 Å². The van der Waals surface area contributed by atoms with Gasteiger partial charge in [-0.3, -0.25) is 9.82 Å². The van der Waals surface area contributed by atoms with Crippen LogP contribution in [-0.4, -0.2) is 25.2 Å². The Labute approximate surface area is 125 Å². The van der Waals surface area contributed by atoms with Crippen LogP contribution in [0.25, 0.3) is 0 Å². The highest BCUT2D eigenvalue weighted by Crippen LogP contribution is 2.20. The third-order valence-electron chi connectivity index (χ3n) is 3.08. The van der Waals surface area contributed by atoms with Gasteiger partial charge in [0.25, 0.3) is 10.0 Å². The molecule has 21 heavy (non-hydrogen) atoms. The van der Waals surface area contributed by atoms with E-state index in [-0.39, 0.29) is 5.03 Å². The number of benzene rings is 1. The molecule has 0 spiro atoms. The van der Waals surface area contributed by atoms with E-state index in [4.69, 9.17) is 0 Å². The van der Waals surface area contributed by atoms with Gasteiger partial charge in [0, 0.05) is 12.1 Å². The highest BCUT2D eigenvalue weighted by molar-refractivity contribution is 7.92. The fraction of sp³-hybridized carbons (Fsp3) is 0.357. The van der Waals surface area contributed by atoms with E-state index in [1.807, 2.05) is 19.1 Å². The van der Waals surface area contributed by atoms with Crippen LogP contribution in [0.5, 0.6) is 0 Å². The summed E-state index contributed by atoms with van der Waals surface area (Å²) in [6.07, 6.45) is 2.52. The van der Waals surface area contributed by atoms with Crippen LogP contribution in [0, 0.1) is 6.92 Å². The second-order valence-corrected chi connectivity index (χ2v) is 6.44. The summed E-state index contributed by atoms with van der Waals surface area (Å²) < 4.78 is 27.5. The van der Waals surface area contributed by atoms with Crippen LogP contribution >= 0.6 is 0 Å². The van der Waals surface area contributed by atoms with Crippen molar-refractivity contribution in [2.45, 2.75) is 31.8 Å². The third-order valence-corrected chi connectivity index (χ3v) is 4.46. The highest BCUT2D eigenvalue weighted by Gasteiger charge is 2.21. The van der Waals surface area contributed by atoms with Gasteiger partial charge in [-0.1, -0.05) is 25.1 Å². The fourth-order valence-corrected chi connectivity index (χ4v) is 3.20. The average Bonchev–Trinajstić information content (AvgIpc) is 2.91. The smallest absolute Gasteiger partial charge is 0.279 e. The normalized spacial score (nSPS) is 11.5. The zero-order valence-corrected chi connectivity index (χ0v) is 13.0. The van der Waals surface area contributed by atoms with Gasteiger partial charge in [-0.05, 0) is 31.5 Å². The molecule has 0 aliphatic carbocycles. The molecule has 1 aromatic heterocycles. The van der Waals surface area contributed by atoms with Crippen molar-refractivity contribution < 1.29 is 8.42 Å². The number of H-pyrrole nitrogens is 1. The second kappa shape index (κ2) is 6.73. The van der Waals surface area contributed by atoms with Gasteiger partial charge >= 0.3 is 0 Å². The number of aromatic amines is 1. The molecule has 7 heteroatoms. The van der Waals surface area contributed by atoms with Crippen molar-refractivity contribution in [2.24, 2.45) is 0 Å². The Balaban J connectivity index is 2.20. The van der Waals surface area contributed by atoms with E-state index in [0.717, 1.165) is 18.5 Å². The summed E-state index contributed by atoms with van der Waals surface area (Å²) in [7, 11) is -3.67. The second-order valence-electron chi connectivity index (χ2n) is 4.82. The first-order valence-electron chi connectivity index (χ1n) is 6.86. The lowest BCUT2D eigenvalue weighted by molar-refractivity contribution is 0.593. The minimum atomic E-state index is -3.67. The number of aryl methyl sites for hydroxylation is 1. The topological polar surface area (TPSA) is 86.9 Å². The number of sulfonamides is 1. The van der Waals surface area contributed by atoms with Crippen LogP contribution in [0.3, 0.4) is 0 Å². The average molecular weight is 308 g/mol. The van der Waals surface area contributed by atoms with Crippen LogP contribution in [0.15, 0.2) is 35.5 Å². The number of rotatable bonds is 7. The number of nitrogens with one attached hydrogen (secondary N) is 3. The fourth-order valence-electron chi connectivity index (χ4n) is 1.94. The molecule has 2 aromatic rings. The van der Waals surface area contributed by atoms with Gasteiger partial charge in [-0.25, -0.2) is 0 Å². The van der Waals surface area contributed by atoms with Gasteiger partial charge in [0.1, 0.15) is 0 Å². The van der Waals surface area contributed by atoms with Crippen LogP contribution < -0.4 is 10.0 Å². The molecule has 0 fully saturated rings. The maximum Gasteiger partial charge on any atom is 0.279 e. The number of para-hydroxylation sites is 1. The predicted octanol–water partition coefficient (Wildman–Crippen LogP) is 2.02. The van der Waals surface area contributed by atoms with E-state index < -0.39 is 10.0 Å². The SMILES string of the molecule is CCCNCc1cn[nH]c1S(=O)(=O)Nc1ccccc1C. The first kappa shape index (κ1) is 15.5. The molecule has 114 valence electrons. The Morgan fingerprint density at radius 3 is 2.76 bits per heavy atom. The van der Waals surface area contributed by atoms with Gasteiger partial charge in [-0.2, -0.15) is 13.5 Å². The monoisotopic (exact) mass is 308 g/mol. The summed E-state index contributed by atoms with van der Waals surface area (Å²) in [5.74, 6) is 0. The number of aromatic nitrogens is 2. The Morgan fingerprint density at radius 1 is 1.29 bits per heavy atom. The van der Waals surface area contributed by atoms with E-state index in [1.54, 1.807) is 12.1 Å². The first-order valence-corrected chi connectivity index (χ1v) is 8.34. The Hall–Kier alpha value is -1.86. The summed E-state index contributed by atoms with van der Waals surface area (Å²) in [5, 5.41) is 9.70. The number of anilines is 1. The molecule has 0 aliphatic rings. The maximum absolute atomic E-state index is 12.5. The zero-order valence-electron chi connectivity index (χ0n) is 12.2. The van der Waals surface area contributed by atoms with Crippen molar-refractivity contribution >= 4 is 15.7 Å². The van der Waals surface area contributed by atoms with Crippen molar-refractivity contribution in [3.05, 3.63) is 41.6 Å². The van der Waals surface area contributed by atoms with E-state index in [0.29, 0.717) is 17.8 Å². The van der Waals surface area contributed by atoms with Gasteiger partial charge < -0.3 is 5.32 Å². The van der Waals surface area contributed by atoms with Crippen molar-refractivity contribution in [3.8, 4) is 0 Å². The van der Waals surface area contributed by atoms with Gasteiger partial charge in [0.15, 0.2) is 5.03 Å². The molecule has 1 aromatic carbocycles. The number of hydrogen-bond acceptors (Lipinski definition) is 4. The first-order chi connectivity index (χ1) is 10.0. The van der Waals surface area contributed by atoms with Crippen LogP contribution in [-0.2, 0) is 16.6 Å². The molecule has 0 aliphatic heterocycles. The molecule has 0 atom stereocenters. The highest BCUT2D eigenvalue weighted by atomic mass is 32.2. The minimum absolute atomic E-state index is 0.106. The van der Waals surface area contributed by atoms with Gasteiger partial charge in [-0.15, -0.1) is 0 Å². The summed E-state index contributed by atoms with van der Waals surface area (Å²) >= 11 is 0. The predicted molar refractivity (Wildman–Crippen MR) is 82.6 cm³/mol. The third kappa shape index (κ3) is 3.83. The quantitative estimate of drug-likeness (QED) is 0.683. The lowest BCUT2D eigenvalue weighted by Crippen LogP contribution is -2.19. The van der Waals surface area contributed by atoms with Crippen LogP contribution in [0.4, 0.5) is 5.69 Å². The van der Waals surface area contributed by atoms with Crippen molar-refractivity contribution in [1.82, 2.24) is 15.5 Å². The van der Waals surface area contributed by atoms with E-state index in [9.17, 15) is 8.42 Å². The standard InChI is InChI=1S/C14H20N4O2S/c1-3-8-15-9-12-10-16-17-14(12)21(19,20)18-13-7-5-4-6-11(13)2/h4-7,10,15,18H,3,8-9H2,1-2H3,(H,16,17). The van der Waals surface area contributed by atoms with E-state index in [2.05, 4.69) is 27.2 Å². The summed E-state index contributed by atoms with van der Waals surface area (Å²) in [4.78, 5) is 0. The van der Waals surface area contributed by atoms with Gasteiger partial charge in [0.05, 0.1) is 11.9 Å². The van der Waals surface area contributed by atoms with Crippen LogP contribution in [0.1, 0.15) is 24.5 Å². The molecule has 0 saturated heterocycles. The largest absolute Gasteiger partial charge is 0.313 e. The Kier molecular flexibility index (Phi) is 4.98. The molecule has 2 rings (SSSR count). The molecular formula is C14H20N4O2S. The molecule has 0 radical (unpaired) electrons. The molecule has 3 N–H and O–H groups in total. The van der Waals surface area contributed by atoms with E-state index >= 15 is 0 Å². The maximum atomic E-state index is 12.5. The summed E-state index contributed by atoms with van der Waals surface area (Å²) in [5.41, 5.74) is 2.07. The molecule has 1 heterocycles.